The first kappa shape index (κ1) is 11.8. The van der Waals surface area contributed by atoms with Crippen molar-refractivity contribution in [3.63, 3.8) is 0 Å². The zero-order valence-corrected chi connectivity index (χ0v) is 8.10. The third-order valence-electron chi connectivity index (χ3n) is 2.03. The van der Waals surface area contributed by atoms with Crippen LogP contribution in [0.1, 0.15) is 27.7 Å². The molecule has 4 nitrogen and oxygen atoms in total. The first-order chi connectivity index (χ1) is 5.37. The highest BCUT2D eigenvalue weighted by Gasteiger charge is 2.25. The van der Waals surface area contributed by atoms with E-state index in [0.717, 1.165) is 0 Å². The Morgan fingerprint density at radius 3 is 1.25 bits per heavy atom. The maximum atomic E-state index is 9.26. The number of aliphatic hydroxyl groups is 3. The summed E-state index contributed by atoms with van der Waals surface area (Å²) in [5, 5.41) is 27.7. The molecular formula is C8H19NO3. The molecule has 3 N–H and O–H groups in total. The van der Waals surface area contributed by atoms with Gasteiger partial charge in [-0.05, 0) is 27.7 Å². The van der Waals surface area contributed by atoms with Gasteiger partial charge in [-0.3, -0.25) is 0 Å². The Morgan fingerprint density at radius 2 is 1.17 bits per heavy atom. The van der Waals surface area contributed by atoms with Crippen molar-refractivity contribution in [2.24, 2.45) is 0 Å². The molecule has 0 amide bonds. The van der Waals surface area contributed by atoms with Crippen molar-refractivity contribution in [3.05, 3.63) is 0 Å². The molecular weight excluding hydrogens is 158 g/mol. The lowest BCUT2D eigenvalue weighted by Gasteiger charge is -2.35. The van der Waals surface area contributed by atoms with Crippen LogP contribution in [0.25, 0.3) is 0 Å². The summed E-state index contributed by atoms with van der Waals surface area (Å²) in [6, 6.07) is -0.259. The number of rotatable bonds is 4. The second-order valence-electron chi connectivity index (χ2n) is 3.19. The van der Waals surface area contributed by atoms with E-state index in [9.17, 15) is 15.3 Å². The number of aliphatic hydroxyl groups excluding tert-OH is 3. The van der Waals surface area contributed by atoms with Crippen molar-refractivity contribution in [2.45, 2.75) is 52.3 Å². The molecule has 4 atom stereocenters. The van der Waals surface area contributed by atoms with Gasteiger partial charge in [0.1, 0.15) is 12.5 Å². The Kier molecular flexibility index (Phi) is 4.70. The lowest BCUT2D eigenvalue weighted by Crippen LogP contribution is -2.50. The van der Waals surface area contributed by atoms with Crippen LogP contribution in [0.5, 0.6) is 0 Å². The van der Waals surface area contributed by atoms with Crippen LogP contribution in [0, 0.1) is 0 Å². The van der Waals surface area contributed by atoms with Gasteiger partial charge < -0.3 is 15.3 Å². The summed E-state index contributed by atoms with van der Waals surface area (Å²) in [4.78, 5) is 1.44. The van der Waals surface area contributed by atoms with E-state index in [0.29, 0.717) is 0 Å². The lowest BCUT2D eigenvalue weighted by molar-refractivity contribution is -0.126. The largest absolute Gasteiger partial charge is 0.392 e. The smallest absolute Gasteiger partial charge is 0.106 e. The molecule has 0 spiro atoms. The molecule has 0 fully saturated rings. The summed E-state index contributed by atoms with van der Waals surface area (Å²) in [6.45, 7) is 6.50. The summed E-state index contributed by atoms with van der Waals surface area (Å²) >= 11 is 0. The van der Waals surface area contributed by atoms with E-state index in [1.165, 1.54) is 4.90 Å². The van der Waals surface area contributed by atoms with Gasteiger partial charge in [-0.1, -0.05) is 0 Å². The van der Waals surface area contributed by atoms with Crippen LogP contribution in [0.2, 0.25) is 0 Å². The minimum absolute atomic E-state index is 0.259. The molecule has 0 heterocycles. The minimum Gasteiger partial charge on any atom is -0.392 e. The van der Waals surface area contributed by atoms with E-state index in [4.69, 9.17) is 0 Å². The Bertz CT molecular complexity index is 117. The van der Waals surface area contributed by atoms with Crippen molar-refractivity contribution in [2.75, 3.05) is 0 Å². The highest BCUT2D eigenvalue weighted by molar-refractivity contribution is 4.73. The van der Waals surface area contributed by atoms with Crippen molar-refractivity contribution in [1.29, 1.82) is 0 Å². The zero-order chi connectivity index (χ0) is 9.89. The standard InChI is InChI=1S/C8H19NO3/c1-5(6(2)10)9(7(3)11)8(4)12/h5-8,10-12H,1-4H3. The van der Waals surface area contributed by atoms with Crippen LogP contribution in [0.4, 0.5) is 0 Å². The summed E-state index contributed by atoms with van der Waals surface area (Å²) in [7, 11) is 0. The molecule has 0 aromatic rings. The third kappa shape index (κ3) is 3.06. The maximum Gasteiger partial charge on any atom is 0.106 e. The normalized spacial score (nSPS) is 22.0. The van der Waals surface area contributed by atoms with Gasteiger partial charge in [-0.2, -0.15) is 0 Å². The first-order valence-electron chi connectivity index (χ1n) is 4.19. The van der Waals surface area contributed by atoms with E-state index < -0.39 is 18.6 Å². The molecule has 4 unspecified atom stereocenters. The van der Waals surface area contributed by atoms with Gasteiger partial charge in [-0.25, -0.2) is 4.90 Å². The fourth-order valence-corrected chi connectivity index (χ4v) is 1.24. The molecule has 0 radical (unpaired) electrons. The van der Waals surface area contributed by atoms with Gasteiger partial charge in [-0.15, -0.1) is 0 Å². The molecule has 0 rings (SSSR count). The van der Waals surface area contributed by atoms with Crippen molar-refractivity contribution >= 4 is 0 Å². The molecule has 0 aromatic heterocycles. The van der Waals surface area contributed by atoms with Crippen LogP contribution in [-0.4, -0.2) is 44.8 Å². The average Bonchev–Trinajstić information content (AvgIpc) is 1.85. The second kappa shape index (κ2) is 4.77. The van der Waals surface area contributed by atoms with Crippen LogP contribution in [-0.2, 0) is 0 Å². The van der Waals surface area contributed by atoms with Gasteiger partial charge in [0, 0.05) is 6.04 Å². The fraction of sp³-hybridized carbons (Fsp3) is 1.00. The maximum absolute atomic E-state index is 9.26. The molecule has 4 heteroatoms. The summed E-state index contributed by atoms with van der Waals surface area (Å²) < 4.78 is 0. The third-order valence-corrected chi connectivity index (χ3v) is 2.03. The second-order valence-corrected chi connectivity index (χ2v) is 3.19. The Balaban J connectivity index is 4.30. The Morgan fingerprint density at radius 1 is 0.833 bits per heavy atom. The van der Waals surface area contributed by atoms with E-state index in [2.05, 4.69) is 0 Å². The monoisotopic (exact) mass is 177 g/mol. The van der Waals surface area contributed by atoms with Gasteiger partial charge in [0.25, 0.3) is 0 Å². The van der Waals surface area contributed by atoms with E-state index >= 15 is 0 Å². The van der Waals surface area contributed by atoms with Gasteiger partial charge >= 0.3 is 0 Å². The van der Waals surface area contributed by atoms with E-state index in [1.54, 1.807) is 27.7 Å². The van der Waals surface area contributed by atoms with Gasteiger partial charge in [0.05, 0.1) is 6.10 Å². The average molecular weight is 177 g/mol. The summed E-state index contributed by atoms with van der Waals surface area (Å²) in [5.74, 6) is 0. The van der Waals surface area contributed by atoms with E-state index in [-0.39, 0.29) is 6.04 Å². The van der Waals surface area contributed by atoms with Gasteiger partial charge in [0.15, 0.2) is 0 Å². The van der Waals surface area contributed by atoms with Crippen molar-refractivity contribution in [1.82, 2.24) is 4.90 Å². The fourth-order valence-electron chi connectivity index (χ4n) is 1.24. The zero-order valence-electron chi connectivity index (χ0n) is 8.10. The molecule has 0 bridgehead atoms. The predicted octanol–water partition coefficient (Wildman–Crippen LogP) is -0.266. The van der Waals surface area contributed by atoms with E-state index in [1.807, 2.05) is 0 Å². The SMILES string of the molecule is CC(O)C(C)N(C(C)O)C(C)O. The summed E-state index contributed by atoms with van der Waals surface area (Å²) in [6.07, 6.45) is -2.08. The molecule has 0 aliphatic carbocycles. The predicted molar refractivity (Wildman–Crippen MR) is 46.3 cm³/mol. The molecule has 12 heavy (non-hydrogen) atoms. The Hall–Kier alpha value is -0.160. The van der Waals surface area contributed by atoms with Crippen LogP contribution >= 0.6 is 0 Å². The van der Waals surface area contributed by atoms with Gasteiger partial charge in [0.2, 0.25) is 0 Å². The minimum atomic E-state index is -0.755. The highest BCUT2D eigenvalue weighted by atomic mass is 16.3. The number of nitrogens with zero attached hydrogens (tertiary/aromatic N) is 1. The quantitative estimate of drug-likeness (QED) is 0.517. The molecule has 0 aromatic carbocycles. The number of hydrogen-bond acceptors (Lipinski definition) is 4. The van der Waals surface area contributed by atoms with Crippen molar-refractivity contribution in [3.8, 4) is 0 Å². The van der Waals surface area contributed by atoms with Crippen LogP contribution in [0.15, 0.2) is 0 Å². The first-order valence-corrected chi connectivity index (χ1v) is 4.19. The molecule has 0 saturated carbocycles. The molecule has 0 aliphatic heterocycles. The van der Waals surface area contributed by atoms with Crippen LogP contribution < -0.4 is 0 Å². The van der Waals surface area contributed by atoms with Crippen molar-refractivity contribution < 1.29 is 15.3 Å². The molecule has 0 saturated heterocycles. The summed E-state index contributed by atoms with van der Waals surface area (Å²) in [5.41, 5.74) is 0. The molecule has 74 valence electrons. The van der Waals surface area contributed by atoms with Crippen LogP contribution in [0.3, 0.4) is 0 Å². The topological polar surface area (TPSA) is 63.9 Å². The Labute approximate surface area is 73.4 Å². The highest BCUT2D eigenvalue weighted by Crippen LogP contribution is 2.10. The number of hydrogen-bond donors (Lipinski definition) is 3. The lowest BCUT2D eigenvalue weighted by atomic mass is 10.1. The molecule has 0 aliphatic rings.